The first-order valence-electron chi connectivity index (χ1n) is 9.23. The van der Waals surface area contributed by atoms with Crippen molar-refractivity contribution in [3.63, 3.8) is 0 Å². The molecule has 3 aromatic rings. The predicted octanol–water partition coefficient (Wildman–Crippen LogP) is 4.16. The minimum absolute atomic E-state index is 0.0468. The van der Waals surface area contributed by atoms with Crippen molar-refractivity contribution in [1.29, 1.82) is 0 Å². The molecular formula is C21H18F3N3O3. The van der Waals surface area contributed by atoms with Gasteiger partial charge in [0, 0.05) is 43.8 Å². The monoisotopic (exact) mass is 417 g/mol. The summed E-state index contributed by atoms with van der Waals surface area (Å²) in [7, 11) is 1.64. The maximum absolute atomic E-state index is 12.6. The number of fused-ring (bicyclic) bond motifs is 1. The number of aromatic nitrogens is 2. The first kappa shape index (κ1) is 20.1. The van der Waals surface area contributed by atoms with Gasteiger partial charge in [-0.1, -0.05) is 6.07 Å². The number of alkyl halides is 3. The van der Waals surface area contributed by atoms with Gasteiger partial charge in [-0.05, 0) is 30.3 Å². The van der Waals surface area contributed by atoms with Crippen LogP contribution in [0, 0.1) is 5.92 Å². The van der Waals surface area contributed by atoms with Gasteiger partial charge < -0.3 is 14.4 Å². The Morgan fingerprint density at radius 1 is 1.17 bits per heavy atom. The zero-order valence-electron chi connectivity index (χ0n) is 16.0. The number of pyridine rings is 2. The van der Waals surface area contributed by atoms with Crippen LogP contribution in [-0.4, -0.2) is 47.6 Å². The number of hydrogen-bond donors (Lipinski definition) is 0. The van der Waals surface area contributed by atoms with Gasteiger partial charge in [0.25, 0.3) is 5.91 Å². The van der Waals surface area contributed by atoms with Crippen molar-refractivity contribution in [2.45, 2.75) is 6.18 Å². The molecule has 0 atom stereocenters. The second-order valence-electron chi connectivity index (χ2n) is 7.07. The van der Waals surface area contributed by atoms with Gasteiger partial charge in [-0.25, -0.2) is 9.97 Å². The fraction of sp³-hybridized carbons (Fsp3) is 0.286. The van der Waals surface area contributed by atoms with Crippen LogP contribution >= 0.6 is 0 Å². The topological polar surface area (TPSA) is 64.5 Å². The third-order valence-corrected chi connectivity index (χ3v) is 4.81. The van der Waals surface area contributed by atoms with Crippen molar-refractivity contribution in [3.8, 4) is 11.6 Å². The van der Waals surface area contributed by atoms with E-state index in [1.54, 1.807) is 42.3 Å². The smallest absolute Gasteiger partial charge is 0.417 e. The number of methoxy groups -OCH3 is 1. The Bertz CT molecular complexity index is 1060. The minimum Gasteiger partial charge on any atom is -0.439 e. The van der Waals surface area contributed by atoms with Gasteiger partial charge in [-0.15, -0.1) is 0 Å². The normalized spacial score (nSPS) is 14.6. The summed E-state index contributed by atoms with van der Waals surface area (Å²) in [6.45, 7) is 1.93. The number of carbonyl (C=O) groups is 1. The second kappa shape index (κ2) is 7.91. The van der Waals surface area contributed by atoms with Gasteiger partial charge in [-0.2, -0.15) is 13.2 Å². The molecule has 4 rings (SSSR count). The van der Waals surface area contributed by atoms with Crippen molar-refractivity contribution in [3.05, 3.63) is 59.9 Å². The van der Waals surface area contributed by atoms with Gasteiger partial charge >= 0.3 is 6.18 Å². The van der Waals surface area contributed by atoms with Gasteiger partial charge in [-0.3, -0.25) is 4.79 Å². The summed E-state index contributed by atoms with van der Waals surface area (Å²) in [5, 5.41) is 0.733. The standard InChI is InChI=1S/C21H18F3N3O3/c1-29-12-13-10-27(11-13)20(28)18-5-2-14-8-16(4-6-17(14)26-18)30-19-7-3-15(9-25-19)21(22,23)24/h2-9,13H,10-12H2,1H3. The largest absolute Gasteiger partial charge is 0.439 e. The van der Waals surface area contributed by atoms with E-state index in [9.17, 15) is 18.0 Å². The number of halogens is 3. The lowest BCUT2D eigenvalue weighted by Crippen LogP contribution is -2.51. The second-order valence-corrected chi connectivity index (χ2v) is 7.07. The quantitative estimate of drug-likeness (QED) is 0.624. The van der Waals surface area contributed by atoms with Crippen molar-refractivity contribution in [2.24, 2.45) is 5.92 Å². The molecule has 0 saturated carbocycles. The van der Waals surface area contributed by atoms with Gasteiger partial charge in [0.05, 0.1) is 17.7 Å². The Balaban J connectivity index is 1.46. The predicted molar refractivity (Wildman–Crippen MR) is 102 cm³/mol. The van der Waals surface area contributed by atoms with E-state index in [0.717, 1.165) is 23.7 Å². The van der Waals surface area contributed by atoms with Crippen LogP contribution in [0.15, 0.2) is 48.7 Å². The van der Waals surface area contributed by atoms with E-state index in [4.69, 9.17) is 9.47 Å². The molecule has 2 aromatic heterocycles. The lowest BCUT2D eigenvalue weighted by Gasteiger charge is -2.38. The van der Waals surface area contributed by atoms with Crippen molar-refractivity contribution in [1.82, 2.24) is 14.9 Å². The Labute approximate surface area is 170 Å². The summed E-state index contributed by atoms with van der Waals surface area (Å²) < 4.78 is 48.5. The average molecular weight is 417 g/mol. The SMILES string of the molecule is COCC1CN(C(=O)c2ccc3cc(Oc4ccc(C(F)(F)F)cn4)ccc3n2)C1. The Hall–Kier alpha value is -3.20. The van der Waals surface area contributed by atoms with E-state index >= 15 is 0 Å². The number of nitrogens with zero attached hydrogens (tertiary/aromatic N) is 3. The molecule has 30 heavy (non-hydrogen) atoms. The summed E-state index contributed by atoms with van der Waals surface area (Å²) in [6.07, 6.45) is -3.72. The molecule has 1 aromatic carbocycles. The number of rotatable bonds is 5. The molecule has 1 aliphatic rings. The van der Waals surface area contributed by atoms with Gasteiger partial charge in [0.2, 0.25) is 5.88 Å². The molecule has 0 aliphatic carbocycles. The number of hydrogen-bond acceptors (Lipinski definition) is 5. The molecule has 1 aliphatic heterocycles. The van der Waals surface area contributed by atoms with Gasteiger partial charge in [0.15, 0.2) is 0 Å². The lowest BCUT2D eigenvalue weighted by molar-refractivity contribution is -0.137. The molecule has 0 N–H and O–H groups in total. The molecule has 1 fully saturated rings. The van der Waals surface area contributed by atoms with E-state index in [-0.39, 0.29) is 11.8 Å². The third kappa shape index (κ3) is 4.20. The highest BCUT2D eigenvalue weighted by molar-refractivity contribution is 5.95. The Morgan fingerprint density at radius 2 is 1.97 bits per heavy atom. The zero-order valence-corrected chi connectivity index (χ0v) is 16.0. The Kier molecular flexibility index (Phi) is 5.29. The van der Waals surface area contributed by atoms with Crippen LogP contribution in [0.3, 0.4) is 0 Å². The summed E-state index contributed by atoms with van der Waals surface area (Å²) in [4.78, 5) is 22.4. The molecular weight excluding hydrogens is 399 g/mol. The summed E-state index contributed by atoms with van der Waals surface area (Å²) in [6, 6.07) is 10.5. The third-order valence-electron chi connectivity index (χ3n) is 4.81. The van der Waals surface area contributed by atoms with Crippen LogP contribution < -0.4 is 4.74 Å². The molecule has 0 spiro atoms. The molecule has 6 nitrogen and oxygen atoms in total. The van der Waals surface area contributed by atoms with Crippen molar-refractivity contribution >= 4 is 16.8 Å². The highest BCUT2D eigenvalue weighted by Crippen LogP contribution is 2.30. The van der Waals surface area contributed by atoms with Crippen LogP contribution in [0.5, 0.6) is 11.6 Å². The molecule has 0 unspecified atom stereocenters. The average Bonchev–Trinajstić information content (AvgIpc) is 2.69. The number of amides is 1. The van der Waals surface area contributed by atoms with Crippen molar-refractivity contribution < 1.29 is 27.4 Å². The lowest BCUT2D eigenvalue weighted by atomic mass is 10.0. The fourth-order valence-electron chi connectivity index (χ4n) is 3.25. The van der Waals surface area contributed by atoms with Crippen LogP contribution in [-0.2, 0) is 10.9 Å². The molecule has 3 heterocycles. The molecule has 0 radical (unpaired) electrons. The highest BCUT2D eigenvalue weighted by Gasteiger charge is 2.32. The van der Waals surface area contributed by atoms with E-state index < -0.39 is 11.7 Å². The summed E-state index contributed by atoms with van der Waals surface area (Å²) >= 11 is 0. The summed E-state index contributed by atoms with van der Waals surface area (Å²) in [5.41, 5.74) is 0.129. The fourth-order valence-corrected chi connectivity index (χ4v) is 3.25. The van der Waals surface area contributed by atoms with E-state index in [1.807, 2.05) is 0 Å². The first-order valence-corrected chi connectivity index (χ1v) is 9.23. The maximum atomic E-state index is 12.6. The van der Waals surface area contributed by atoms with E-state index in [1.165, 1.54) is 0 Å². The summed E-state index contributed by atoms with van der Waals surface area (Å²) in [5.74, 6) is 0.683. The van der Waals surface area contributed by atoms with Crippen LogP contribution in [0.25, 0.3) is 10.9 Å². The highest BCUT2D eigenvalue weighted by atomic mass is 19.4. The minimum atomic E-state index is -4.45. The molecule has 1 amide bonds. The zero-order chi connectivity index (χ0) is 21.3. The number of ether oxygens (including phenoxy) is 2. The molecule has 1 saturated heterocycles. The van der Waals surface area contributed by atoms with Crippen LogP contribution in [0.1, 0.15) is 16.1 Å². The number of carbonyl (C=O) groups excluding carboxylic acids is 1. The Morgan fingerprint density at radius 3 is 2.63 bits per heavy atom. The van der Waals surface area contributed by atoms with E-state index in [0.29, 0.717) is 42.6 Å². The molecule has 0 bridgehead atoms. The van der Waals surface area contributed by atoms with Crippen molar-refractivity contribution in [2.75, 3.05) is 26.8 Å². The van der Waals surface area contributed by atoms with Crippen LogP contribution in [0.2, 0.25) is 0 Å². The number of benzene rings is 1. The maximum Gasteiger partial charge on any atom is 0.417 e. The van der Waals surface area contributed by atoms with E-state index in [2.05, 4.69) is 9.97 Å². The first-order chi connectivity index (χ1) is 14.3. The molecule has 9 heteroatoms. The van der Waals surface area contributed by atoms with Gasteiger partial charge in [0.1, 0.15) is 11.4 Å². The molecule has 156 valence electrons. The number of likely N-dealkylation sites (tertiary alicyclic amines) is 1. The van der Waals surface area contributed by atoms with Crippen LogP contribution in [0.4, 0.5) is 13.2 Å².